The van der Waals surface area contributed by atoms with Gasteiger partial charge in [-0.05, 0) is 74.0 Å². The van der Waals surface area contributed by atoms with Crippen molar-refractivity contribution in [2.75, 3.05) is 26.7 Å². The normalized spacial score (nSPS) is 18.8. The highest BCUT2D eigenvalue weighted by atomic mass is 16.5. The first-order valence-electron chi connectivity index (χ1n) is 13.0. The molecule has 0 unspecified atom stereocenters. The summed E-state index contributed by atoms with van der Waals surface area (Å²) in [5.74, 6) is 1.54. The van der Waals surface area contributed by atoms with Crippen LogP contribution < -0.4 is 4.74 Å². The Hall–Kier alpha value is -3.44. The predicted molar refractivity (Wildman–Crippen MR) is 144 cm³/mol. The Morgan fingerprint density at radius 2 is 1.75 bits per heavy atom. The number of carbonyl (C=O) groups excluding carboxylic acids is 1. The lowest BCUT2D eigenvalue weighted by atomic mass is 9.90. The zero-order valence-corrected chi connectivity index (χ0v) is 21.3. The molecule has 0 N–H and O–H groups in total. The van der Waals surface area contributed by atoms with Gasteiger partial charge in [-0.25, -0.2) is 5.01 Å². The van der Waals surface area contributed by atoms with E-state index in [4.69, 9.17) is 9.84 Å². The molecule has 0 spiro atoms. The molecular weight excluding hydrogens is 446 g/mol. The maximum absolute atomic E-state index is 13.6. The van der Waals surface area contributed by atoms with E-state index >= 15 is 0 Å². The second-order valence-electron chi connectivity index (χ2n) is 10.1. The number of aryl methyl sites for hydroxylation is 1. The number of nitrogens with zero attached hydrogens (tertiary/aromatic N) is 3. The Kier molecular flexibility index (Phi) is 7.47. The van der Waals surface area contributed by atoms with Crippen molar-refractivity contribution in [3.63, 3.8) is 0 Å². The van der Waals surface area contributed by atoms with Crippen molar-refractivity contribution in [1.82, 2.24) is 9.91 Å². The van der Waals surface area contributed by atoms with Crippen LogP contribution in [-0.4, -0.2) is 48.3 Å². The minimum Gasteiger partial charge on any atom is -0.497 e. The molecule has 2 heterocycles. The molecule has 3 aromatic rings. The van der Waals surface area contributed by atoms with Gasteiger partial charge in [0, 0.05) is 6.42 Å². The van der Waals surface area contributed by atoms with Crippen LogP contribution in [0.1, 0.15) is 47.6 Å². The highest BCUT2D eigenvalue weighted by Crippen LogP contribution is 2.34. The summed E-state index contributed by atoms with van der Waals surface area (Å²) in [6, 6.07) is 27.0. The summed E-state index contributed by atoms with van der Waals surface area (Å²) in [5.41, 5.74) is 5.69. The molecule has 1 fully saturated rings. The predicted octanol–water partition coefficient (Wildman–Crippen LogP) is 5.64. The van der Waals surface area contributed by atoms with Crippen LogP contribution in [0.15, 0.2) is 84.0 Å². The van der Waals surface area contributed by atoms with Crippen LogP contribution in [0.5, 0.6) is 5.75 Å². The number of methoxy groups -OCH3 is 1. The van der Waals surface area contributed by atoms with Gasteiger partial charge in [0.1, 0.15) is 5.75 Å². The van der Waals surface area contributed by atoms with Crippen LogP contribution in [0, 0.1) is 12.8 Å². The first-order chi connectivity index (χ1) is 17.6. The number of carbonyl (C=O) groups is 1. The van der Waals surface area contributed by atoms with E-state index in [1.807, 2.05) is 18.2 Å². The minimum atomic E-state index is -0.126. The van der Waals surface area contributed by atoms with E-state index in [1.54, 1.807) is 12.1 Å². The van der Waals surface area contributed by atoms with Crippen LogP contribution >= 0.6 is 0 Å². The number of likely N-dealkylation sites (tertiary alicyclic amines) is 1. The van der Waals surface area contributed by atoms with Gasteiger partial charge in [-0.1, -0.05) is 72.3 Å². The van der Waals surface area contributed by atoms with E-state index in [0.717, 1.165) is 54.9 Å². The molecule has 0 aromatic heterocycles. The fraction of sp³-hybridized carbons (Fsp3) is 0.355. The molecule has 0 aliphatic carbocycles. The third-order valence-corrected chi connectivity index (χ3v) is 7.43. The number of hydrogen-bond acceptors (Lipinski definition) is 4. The van der Waals surface area contributed by atoms with E-state index in [-0.39, 0.29) is 11.9 Å². The Bertz CT molecular complexity index is 1220. The van der Waals surface area contributed by atoms with Gasteiger partial charge in [-0.3, -0.25) is 9.69 Å². The summed E-state index contributed by atoms with van der Waals surface area (Å²) in [6.45, 7) is 4.40. The maximum atomic E-state index is 13.6. The molecule has 0 radical (unpaired) electrons. The third kappa shape index (κ3) is 5.68. The van der Waals surface area contributed by atoms with Gasteiger partial charge in [0.15, 0.2) is 0 Å². The first-order valence-corrected chi connectivity index (χ1v) is 13.0. The van der Waals surface area contributed by atoms with E-state index in [9.17, 15) is 4.79 Å². The van der Waals surface area contributed by atoms with Gasteiger partial charge in [-0.2, -0.15) is 5.10 Å². The number of rotatable bonds is 7. The van der Waals surface area contributed by atoms with Gasteiger partial charge in [0.05, 0.1) is 25.4 Å². The van der Waals surface area contributed by atoms with Gasteiger partial charge in [0.25, 0.3) is 5.91 Å². The number of hydrogen-bond donors (Lipinski definition) is 0. The number of piperidine rings is 1. The second-order valence-corrected chi connectivity index (χ2v) is 10.1. The van der Waals surface area contributed by atoms with E-state index in [1.165, 1.54) is 11.1 Å². The van der Waals surface area contributed by atoms with Crippen molar-refractivity contribution >= 4 is 11.6 Å². The summed E-state index contributed by atoms with van der Waals surface area (Å²) in [6.07, 6.45) is 4.07. The van der Waals surface area contributed by atoms with Gasteiger partial charge >= 0.3 is 0 Å². The average Bonchev–Trinajstić information content (AvgIpc) is 3.36. The van der Waals surface area contributed by atoms with Crippen LogP contribution in [0.25, 0.3) is 0 Å². The molecule has 2 aliphatic rings. The van der Waals surface area contributed by atoms with E-state index in [0.29, 0.717) is 18.9 Å². The van der Waals surface area contributed by atoms with Crippen molar-refractivity contribution in [2.45, 2.75) is 38.6 Å². The van der Waals surface area contributed by atoms with Crippen LogP contribution in [0.3, 0.4) is 0 Å². The van der Waals surface area contributed by atoms with Gasteiger partial charge in [-0.15, -0.1) is 0 Å². The average molecular weight is 482 g/mol. The fourth-order valence-corrected chi connectivity index (χ4v) is 5.41. The summed E-state index contributed by atoms with van der Waals surface area (Å²) in [7, 11) is 1.67. The van der Waals surface area contributed by atoms with Crippen molar-refractivity contribution < 1.29 is 9.53 Å². The third-order valence-electron chi connectivity index (χ3n) is 7.43. The SMILES string of the molecule is COc1cccc([C@@H]2CC(c3cccc(C)c3)=NN2C(=O)CN2CCC(Cc3ccccc3)CC2)c1. The smallest absolute Gasteiger partial charge is 0.257 e. The summed E-state index contributed by atoms with van der Waals surface area (Å²) < 4.78 is 5.46. The van der Waals surface area contributed by atoms with Crippen molar-refractivity contribution in [3.05, 3.63) is 101 Å². The van der Waals surface area contributed by atoms with Crippen LogP contribution in [-0.2, 0) is 11.2 Å². The minimum absolute atomic E-state index is 0.0620. The molecule has 0 bridgehead atoms. The summed E-state index contributed by atoms with van der Waals surface area (Å²) in [5, 5.41) is 6.61. The zero-order valence-electron chi connectivity index (χ0n) is 21.3. The number of ether oxygens (including phenoxy) is 1. The Morgan fingerprint density at radius 1 is 0.972 bits per heavy atom. The molecule has 2 aliphatic heterocycles. The fourth-order valence-electron chi connectivity index (χ4n) is 5.41. The van der Waals surface area contributed by atoms with Crippen LogP contribution in [0.4, 0.5) is 0 Å². The molecule has 1 atom stereocenters. The van der Waals surface area contributed by atoms with E-state index < -0.39 is 0 Å². The van der Waals surface area contributed by atoms with Crippen molar-refractivity contribution in [3.8, 4) is 5.75 Å². The standard InChI is InChI=1S/C31H35N3O2/c1-23-8-6-11-26(18-23)29-21-30(27-12-7-13-28(20-27)36-2)34(32-29)31(35)22-33-16-14-25(15-17-33)19-24-9-4-3-5-10-24/h3-13,18,20,25,30H,14-17,19,21-22H2,1-2H3/t30-/m0/s1. The first kappa shape index (κ1) is 24.3. The van der Waals surface area contributed by atoms with Crippen LogP contribution in [0.2, 0.25) is 0 Å². The quantitative estimate of drug-likeness (QED) is 0.439. The molecule has 36 heavy (non-hydrogen) atoms. The lowest BCUT2D eigenvalue weighted by Gasteiger charge is -2.33. The van der Waals surface area contributed by atoms with Gasteiger partial charge in [0.2, 0.25) is 0 Å². The molecule has 5 nitrogen and oxygen atoms in total. The Balaban J connectivity index is 1.29. The Morgan fingerprint density at radius 3 is 2.50 bits per heavy atom. The topological polar surface area (TPSA) is 45.1 Å². The number of benzene rings is 3. The molecule has 0 saturated carbocycles. The molecule has 5 heteroatoms. The zero-order chi connectivity index (χ0) is 24.9. The lowest BCUT2D eigenvalue weighted by molar-refractivity contribution is -0.134. The molecule has 3 aromatic carbocycles. The monoisotopic (exact) mass is 481 g/mol. The number of hydrazone groups is 1. The molecule has 1 saturated heterocycles. The Labute approximate surface area is 214 Å². The lowest BCUT2D eigenvalue weighted by Crippen LogP contribution is -2.42. The maximum Gasteiger partial charge on any atom is 0.257 e. The van der Waals surface area contributed by atoms with Crippen molar-refractivity contribution in [2.24, 2.45) is 11.0 Å². The molecule has 186 valence electrons. The van der Waals surface area contributed by atoms with Gasteiger partial charge < -0.3 is 4.74 Å². The molecule has 5 rings (SSSR count). The molecule has 1 amide bonds. The molecular formula is C31H35N3O2. The van der Waals surface area contributed by atoms with Crippen molar-refractivity contribution in [1.29, 1.82) is 0 Å². The number of amides is 1. The summed E-state index contributed by atoms with van der Waals surface area (Å²) >= 11 is 0. The highest BCUT2D eigenvalue weighted by Gasteiger charge is 2.34. The highest BCUT2D eigenvalue weighted by molar-refractivity contribution is 6.03. The summed E-state index contributed by atoms with van der Waals surface area (Å²) in [4.78, 5) is 15.9. The van der Waals surface area contributed by atoms with E-state index in [2.05, 4.69) is 72.5 Å². The second kappa shape index (κ2) is 11.1. The largest absolute Gasteiger partial charge is 0.497 e.